The second-order valence-corrected chi connectivity index (χ2v) is 16.9. The van der Waals surface area contributed by atoms with E-state index >= 15 is 0 Å². The van der Waals surface area contributed by atoms with Crippen molar-refractivity contribution in [3.63, 3.8) is 0 Å². The van der Waals surface area contributed by atoms with Crippen molar-refractivity contribution < 1.29 is 4.42 Å². The maximum Gasteiger partial charge on any atom is 0.136 e. The van der Waals surface area contributed by atoms with Crippen LogP contribution >= 0.6 is 0 Å². The van der Waals surface area contributed by atoms with Crippen molar-refractivity contribution in [2.75, 3.05) is 4.90 Å². The summed E-state index contributed by atoms with van der Waals surface area (Å²) in [6.07, 6.45) is 0. The second kappa shape index (κ2) is 15.0. The Hall–Kier alpha value is -8.66. The lowest BCUT2D eigenvalue weighted by atomic mass is 9.95. The highest BCUT2D eigenvalue weighted by Gasteiger charge is 2.19. The predicted molar refractivity (Wildman–Crippen MR) is 274 cm³/mol. The zero-order chi connectivity index (χ0) is 42.8. The molecule has 0 aliphatic rings. The first kappa shape index (κ1) is 36.9. The summed E-state index contributed by atoms with van der Waals surface area (Å²) < 4.78 is 8.62. The van der Waals surface area contributed by atoms with Crippen LogP contribution < -0.4 is 4.90 Å². The fourth-order valence-electron chi connectivity index (χ4n) is 10.1. The Bertz CT molecular complexity index is 3880. The van der Waals surface area contributed by atoms with Crippen LogP contribution in [0.5, 0.6) is 0 Å². The second-order valence-electron chi connectivity index (χ2n) is 16.9. The van der Waals surface area contributed by atoms with E-state index in [2.05, 4.69) is 240 Å². The average molecular weight is 829 g/mol. The summed E-state index contributed by atoms with van der Waals surface area (Å²) in [6, 6.07) is 87.7. The van der Waals surface area contributed by atoms with Crippen molar-refractivity contribution in [1.82, 2.24) is 4.57 Å². The van der Waals surface area contributed by atoms with Gasteiger partial charge in [-0.3, -0.25) is 0 Å². The SMILES string of the molecule is c1cc(-c2ccc(N(c3ccc(-c4ccc(-n5c6ccccc6c6ccccc65)cc4)cc3)c3cc4ccccc4c4ccccc34)cc2)cc(-c2cccc3oc4ccccc4c23)c1. The molecule has 2 aromatic heterocycles. The minimum absolute atomic E-state index is 0.904. The molecule has 0 fully saturated rings. The summed E-state index contributed by atoms with van der Waals surface area (Å²) in [5.41, 5.74) is 15.7. The Morgan fingerprint density at radius 2 is 0.831 bits per heavy atom. The van der Waals surface area contributed by atoms with Gasteiger partial charge in [0.05, 0.1) is 16.7 Å². The van der Waals surface area contributed by atoms with E-state index < -0.39 is 0 Å². The third kappa shape index (κ3) is 6.12. The molecule has 0 atom stereocenters. The highest BCUT2D eigenvalue weighted by molar-refractivity contribution is 6.15. The molecular formula is C62H40N2O. The summed E-state index contributed by atoms with van der Waals surface area (Å²) in [7, 11) is 0. The van der Waals surface area contributed by atoms with Gasteiger partial charge in [-0.2, -0.15) is 0 Å². The van der Waals surface area contributed by atoms with Crippen molar-refractivity contribution >= 4 is 82.4 Å². The molecule has 65 heavy (non-hydrogen) atoms. The number of rotatable bonds is 7. The van der Waals surface area contributed by atoms with Gasteiger partial charge in [-0.25, -0.2) is 0 Å². The van der Waals surface area contributed by atoms with Crippen LogP contribution in [0.2, 0.25) is 0 Å². The summed E-state index contributed by atoms with van der Waals surface area (Å²) in [4.78, 5) is 2.41. The predicted octanol–water partition coefficient (Wildman–Crippen LogP) is 17.5. The maximum atomic E-state index is 6.25. The quantitative estimate of drug-likeness (QED) is 0.149. The number of fused-ring (bicyclic) bond motifs is 9. The zero-order valence-electron chi connectivity index (χ0n) is 35.4. The van der Waals surface area contributed by atoms with E-state index in [0.29, 0.717) is 0 Å². The number of hydrogen-bond donors (Lipinski definition) is 0. The molecule has 0 saturated heterocycles. The van der Waals surface area contributed by atoms with E-state index in [4.69, 9.17) is 4.42 Å². The monoisotopic (exact) mass is 828 g/mol. The molecule has 13 aromatic rings. The standard InChI is InChI=1S/C62H40N2O/c1-2-16-50-46(13-1)40-59(53-18-4-3-17-52(50)53)63(47-33-27-41(28-34-47)42-29-37-49(38-30-42)64-57-23-8-5-19-54(57)55-20-6-9-24-58(55)64)48-35-31-43(32-36-48)44-14-11-15-45(39-44)51-22-12-26-61-62(51)56-21-7-10-25-60(56)65-61/h1-40H. The van der Waals surface area contributed by atoms with Crippen molar-refractivity contribution in [2.45, 2.75) is 0 Å². The first-order chi connectivity index (χ1) is 32.2. The van der Waals surface area contributed by atoms with Gasteiger partial charge in [0.15, 0.2) is 0 Å². The fraction of sp³-hybridized carbons (Fsp3) is 0. The summed E-state index contributed by atoms with van der Waals surface area (Å²) in [5, 5.41) is 9.72. The van der Waals surface area contributed by atoms with Gasteiger partial charge in [-0.15, -0.1) is 0 Å². The van der Waals surface area contributed by atoms with E-state index in [9.17, 15) is 0 Å². The first-order valence-corrected chi connectivity index (χ1v) is 22.2. The lowest BCUT2D eigenvalue weighted by molar-refractivity contribution is 0.669. The summed E-state index contributed by atoms with van der Waals surface area (Å²) in [6.45, 7) is 0. The molecule has 3 nitrogen and oxygen atoms in total. The first-order valence-electron chi connectivity index (χ1n) is 22.2. The number of anilines is 3. The van der Waals surface area contributed by atoms with Crippen LogP contribution in [0, 0.1) is 0 Å². The van der Waals surface area contributed by atoms with Crippen molar-refractivity contribution in [1.29, 1.82) is 0 Å². The van der Waals surface area contributed by atoms with Crippen molar-refractivity contribution in [2.24, 2.45) is 0 Å². The molecule has 0 spiro atoms. The molecule has 0 aliphatic heterocycles. The minimum atomic E-state index is 0.904. The van der Waals surface area contributed by atoms with Gasteiger partial charge in [-0.05, 0) is 122 Å². The van der Waals surface area contributed by atoms with Gasteiger partial charge in [0, 0.05) is 44.0 Å². The minimum Gasteiger partial charge on any atom is -0.456 e. The number of nitrogens with zero attached hydrogens (tertiary/aromatic N) is 2. The molecule has 2 heterocycles. The topological polar surface area (TPSA) is 21.3 Å². The van der Waals surface area contributed by atoms with Gasteiger partial charge < -0.3 is 13.9 Å². The molecule has 0 N–H and O–H groups in total. The number of benzene rings is 11. The molecule has 304 valence electrons. The molecule has 0 radical (unpaired) electrons. The van der Waals surface area contributed by atoms with Gasteiger partial charge in [-0.1, -0.05) is 170 Å². The number of hydrogen-bond acceptors (Lipinski definition) is 2. The van der Waals surface area contributed by atoms with E-state index in [1.807, 2.05) is 12.1 Å². The molecule has 3 heteroatoms. The molecular weight excluding hydrogens is 789 g/mol. The number of furan rings is 1. The van der Waals surface area contributed by atoms with Gasteiger partial charge in [0.25, 0.3) is 0 Å². The zero-order valence-corrected chi connectivity index (χ0v) is 35.4. The third-order valence-corrected chi connectivity index (χ3v) is 13.2. The normalized spacial score (nSPS) is 11.7. The fourth-order valence-corrected chi connectivity index (χ4v) is 10.1. The van der Waals surface area contributed by atoms with Crippen LogP contribution in [0.4, 0.5) is 17.1 Å². The molecule has 11 aromatic carbocycles. The summed E-state index contributed by atoms with van der Waals surface area (Å²) >= 11 is 0. The molecule has 0 saturated carbocycles. The Morgan fingerprint density at radius 3 is 1.52 bits per heavy atom. The van der Waals surface area contributed by atoms with E-state index in [-0.39, 0.29) is 0 Å². The highest BCUT2D eigenvalue weighted by Crippen LogP contribution is 2.44. The lowest BCUT2D eigenvalue weighted by Crippen LogP contribution is -2.10. The smallest absolute Gasteiger partial charge is 0.136 e. The average Bonchev–Trinajstić information content (AvgIpc) is 3.93. The van der Waals surface area contributed by atoms with Crippen LogP contribution in [0.15, 0.2) is 247 Å². The van der Waals surface area contributed by atoms with Crippen LogP contribution in [0.1, 0.15) is 0 Å². The van der Waals surface area contributed by atoms with E-state index in [1.165, 1.54) is 60.0 Å². The van der Waals surface area contributed by atoms with Gasteiger partial charge in [0.2, 0.25) is 0 Å². The van der Waals surface area contributed by atoms with Crippen LogP contribution in [-0.4, -0.2) is 4.57 Å². The Kier molecular flexibility index (Phi) is 8.53. The van der Waals surface area contributed by atoms with Crippen molar-refractivity contribution in [3.05, 3.63) is 243 Å². The van der Waals surface area contributed by atoms with Crippen molar-refractivity contribution in [3.8, 4) is 39.1 Å². The van der Waals surface area contributed by atoms with Gasteiger partial charge >= 0.3 is 0 Å². The molecule has 13 rings (SSSR count). The van der Waals surface area contributed by atoms with E-state index in [0.717, 1.165) is 61.4 Å². The highest BCUT2D eigenvalue weighted by atomic mass is 16.3. The van der Waals surface area contributed by atoms with Crippen LogP contribution in [0.25, 0.3) is 104 Å². The third-order valence-electron chi connectivity index (χ3n) is 13.2. The number of para-hydroxylation sites is 3. The van der Waals surface area contributed by atoms with Crippen LogP contribution in [-0.2, 0) is 0 Å². The Morgan fingerprint density at radius 1 is 0.323 bits per heavy atom. The van der Waals surface area contributed by atoms with Crippen LogP contribution in [0.3, 0.4) is 0 Å². The molecule has 0 bridgehead atoms. The summed E-state index contributed by atoms with van der Waals surface area (Å²) in [5.74, 6) is 0. The maximum absolute atomic E-state index is 6.25. The van der Waals surface area contributed by atoms with Gasteiger partial charge in [0.1, 0.15) is 11.2 Å². The Balaban J connectivity index is 0.887. The number of aromatic nitrogens is 1. The van der Waals surface area contributed by atoms with E-state index in [1.54, 1.807) is 0 Å². The lowest BCUT2D eigenvalue weighted by Gasteiger charge is -2.28. The Labute approximate surface area is 376 Å². The molecule has 0 amide bonds. The molecule has 0 unspecified atom stereocenters. The molecule has 0 aliphatic carbocycles. The largest absolute Gasteiger partial charge is 0.456 e.